The number of hydrogen-bond donors (Lipinski definition) is 0. The lowest BCUT2D eigenvalue weighted by molar-refractivity contribution is 0.0578. The van der Waals surface area contributed by atoms with Gasteiger partial charge in [0.1, 0.15) is 5.69 Å². The number of rotatable bonds is 5. The summed E-state index contributed by atoms with van der Waals surface area (Å²) in [6, 6.07) is 5.85. The number of nitrogens with zero attached hydrogens (tertiary/aromatic N) is 4. The standard InChI is InChI=1S/C19H24N4O2S/c1-25-11-15-3-2-4-18(21-15)19(24)23-8-14-5-6-17(23)10-22(7-14)9-16-12-26-13-20-16/h2-4,12-14,17H,5-11H2,1H3/t14-,17+/m0/s1. The van der Waals surface area contributed by atoms with Crippen molar-refractivity contribution in [3.8, 4) is 0 Å². The van der Waals surface area contributed by atoms with Crippen LogP contribution in [0.25, 0.3) is 0 Å². The Hall–Kier alpha value is -1.83. The second kappa shape index (κ2) is 7.82. The van der Waals surface area contributed by atoms with E-state index in [1.807, 2.05) is 28.6 Å². The third-order valence-corrected chi connectivity index (χ3v) is 5.87. The molecule has 0 aromatic carbocycles. The topological polar surface area (TPSA) is 58.6 Å². The Balaban J connectivity index is 1.49. The van der Waals surface area contributed by atoms with Gasteiger partial charge in [-0.1, -0.05) is 6.07 Å². The van der Waals surface area contributed by atoms with Gasteiger partial charge in [0.15, 0.2) is 0 Å². The van der Waals surface area contributed by atoms with E-state index in [1.165, 1.54) is 6.42 Å². The summed E-state index contributed by atoms with van der Waals surface area (Å²) in [5.41, 5.74) is 4.33. The molecule has 0 saturated carbocycles. The van der Waals surface area contributed by atoms with Crippen LogP contribution >= 0.6 is 11.3 Å². The zero-order valence-corrected chi connectivity index (χ0v) is 15.8. The molecule has 0 spiro atoms. The van der Waals surface area contributed by atoms with E-state index in [4.69, 9.17) is 4.74 Å². The summed E-state index contributed by atoms with van der Waals surface area (Å²) in [5, 5.41) is 2.11. The van der Waals surface area contributed by atoms with Gasteiger partial charge in [0, 0.05) is 44.7 Å². The van der Waals surface area contributed by atoms with Crippen molar-refractivity contribution >= 4 is 17.2 Å². The lowest BCUT2D eigenvalue weighted by atomic mass is 9.94. The molecular weight excluding hydrogens is 348 g/mol. The first-order valence-corrected chi connectivity index (χ1v) is 10.0. The summed E-state index contributed by atoms with van der Waals surface area (Å²) in [5.74, 6) is 0.576. The predicted molar refractivity (Wildman–Crippen MR) is 99.9 cm³/mol. The minimum Gasteiger partial charge on any atom is -0.378 e. The maximum Gasteiger partial charge on any atom is 0.272 e. The fourth-order valence-corrected chi connectivity index (χ4v) is 4.63. The molecule has 26 heavy (non-hydrogen) atoms. The number of thiazole rings is 1. The minimum absolute atomic E-state index is 0.0492. The van der Waals surface area contributed by atoms with Gasteiger partial charge >= 0.3 is 0 Å². The lowest BCUT2D eigenvalue weighted by Gasteiger charge is -2.36. The van der Waals surface area contributed by atoms with Crippen LogP contribution in [0.2, 0.25) is 0 Å². The van der Waals surface area contributed by atoms with Crippen molar-refractivity contribution in [2.24, 2.45) is 5.92 Å². The number of carbonyl (C=O) groups excluding carboxylic acids is 1. The van der Waals surface area contributed by atoms with E-state index >= 15 is 0 Å². The molecule has 5 rings (SSSR count). The first-order chi connectivity index (χ1) is 12.7. The summed E-state index contributed by atoms with van der Waals surface area (Å²) in [6.07, 6.45) is 2.26. The third-order valence-electron chi connectivity index (χ3n) is 5.24. The number of pyridine rings is 1. The van der Waals surface area contributed by atoms with Crippen molar-refractivity contribution < 1.29 is 9.53 Å². The highest BCUT2D eigenvalue weighted by atomic mass is 32.1. The largest absolute Gasteiger partial charge is 0.378 e. The van der Waals surface area contributed by atoms with Gasteiger partial charge in [0.2, 0.25) is 0 Å². The molecule has 3 fully saturated rings. The van der Waals surface area contributed by atoms with E-state index < -0.39 is 0 Å². The Labute approximate surface area is 157 Å². The quantitative estimate of drug-likeness (QED) is 0.807. The SMILES string of the molecule is COCc1cccc(C(=O)N2C[C@H]3CC[C@@H]2CN(Cc2cscn2)C3)n1. The van der Waals surface area contributed by atoms with Crippen LogP contribution in [0, 0.1) is 5.92 Å². The molecule has 0 N–H and O–H groups in total. The Morgan fingerprint density at radius 3 is 3.00 bits per heavy atom. The zero-order valence-electron chi connectivity index (χ0n) is 15.0. The van der Waals surface area contributed by atoms with Crippen LogP contribution in [0.5, 0.6) is 0 Å². The van der Waals surface area contributed by atoms with Crippen molar-refractivity contribution in [3.05, 3.63) is 46.2 Å². The van der Waals surface area contributed by atoms with Gasteiger partial charge < -0.3 is 9.64 Å². The second-order valence-electron chi connectivity index (χ2n) is 7.18. The molecule has 3 aliphatic rings. The number of piperidine rings is 1. The van der Waals surface area contributed by atoms with Crippen LogP contribution in [0.4, 0.5) is 0 Å². The lowest BCUT2D eigenvalue weighted by Crippen LogP contribution is -2.47. The molecule has 0 radical (unpaired) electrons. The molecule has 138 valence electrons. The van der Waals surface area contributed by atoms with Gasteiger partial charge in [-0.3, -0.25) is 9.69 Å². The molecule has 5 heterocycles. The van der Waals surface area contributed by atoms with Crippen LogP contribution < -0.4 is 0 Å². The van der Waals surface area contributed by atoms with Gasteiger partial charge in [-0.2, -0.15) is 0 Å². The predicted octanol–water partition coefficient (Wildman–Crippen LogP) is 2.42. The Kier molecular flexibility index (Phi) is 5.28. The van der Waals surface area contributed by atoms with Crippen molar-refractivity contribution in [2.45, 2.75) is 32.0 Å². The summed E-state index contributed by atoms with van der Waals surface area (Å²) in [4.78, 5) is 26.5. The number of amides is 1. The highest BCUT2D eigenvalue weighted by molar-refractivity contribution is 7.07. The smallest absolute Gasteiger partial charge is 0.272 e. The van der Waals surface area contributed by atoms with Gasteiger partial charge in [0.05, 0.1) is 23.5 Å². The van der Waals surface area contributed by atoms with Crippen molar-refractivity contribution in [3.63, 3.8) is 0 Å². The fourth-order valence-electron chi connectivity index (χ4n) is 4.08. The fraction of sp³-hybridized carbons (Fsp3) is 0.526. The third kappa shape index (κ3) is 3.79. The van der Waals surface area contributed by atoms with E-state index in [0.29, 0.717) is 18.2 Å². The number of fused-ring (bicyclic) bond motifs is 4. The number of methoxy groups -OCH3 is 1. The Morgan fingerprint density at radius 1 is 1.27 bits per heavy atom. The van der Waals surface area contributed by atoms with E-state index in [9.17, 15) is 4.79 Å². The van der Waals surface area contributed by atoms with Crippen LogP contribution in [0.3, 0.4) is 0 Å². The van der Waals surface area contributed by atoms with Gasteiger partial charge in [-0.05, 0) is 30.9 Å². The monoisotopic (exact) mass is 372 g/mol. The molecule has 2 bridgehead atoms. The molecule has 2 aromatic rings. The molecule has 6 nitrogen and oxygen atoms in total. The maximum atomic E-state index is 13.1. The number of carbonyl (C=O) groups is 1. The molecule has 7 heteroatoms. The van der Waals surface area contributed by atoms with Crippen LogP contribution in [-0.2, 0) is 17.9 Å². The number of ether oxygens (including phenoxy) is 1. The first-order valence-electron chi connectivity index (χ1n) is 9.08. The Morgan fingerprint density at radius 2 is 2.19 bits per heavy atom. The van der Waals surface area contributed by atoms with Crippen LogP contribution in [-0.4, -0.2) is 58.5 Å². The van der Waals surface area contributed by atoms with Crippen molar-refractivity contribution in [1.29, 1.82) is 0 Å². The summed E-state index contributed by atoms with van der Waals surface area (Å²) in [6.45, 7) is 4.08. The van der Waals surface area contributed by atoms with Gasteiger partial charge in [-0.15, -0.1) is 11.3 Å². The summed E-state index contributed by atoms with van der Waals surface area (Å²) >= 11 is 1.64. The summed E-state index contributed by atoms with van der Waals surface area (Å²) in [7, 11) is 1.64. The molecule has 0 unspecified atom stereocenters. The molecule has 2 aromatic heterocycles. The second-order valence-corrected chi connectivity index (χ2v) is 7.89. The minimum atomic E-state index is 0.0492. The average Bonchev–Trinajstić information content (AvgIpc) is 3.00. The molecule has 3 aliphatic heterocycles. The number of aromatic nitrogens is 2. The molecule has 2 atom stereocenters. The Bertz CT molecular complexity index is 752. The van der Waals surface area contributed by atoms with Crippen molar-refractivity contribution in [1.82, 2.24) is 19.8 Å². The molecule has 1 amide bonds. The van der Waals surface area contributed by atoms with Crippen LogP contribution in [0.15, 0.2) is 29.1 Å². The van der Waals surface area contributed by atoms with E-state index in [-0.39, 0.29) is 11.9 Å². The van der Waals surface area contributed by atoms with E-state index in [1.54, 1.807) is 18.4 Å². The molecular formula is C19H24N4O2S. The number of hydrogen-bond acceptors (Lipinski definition) is 6. The van der Waals surface area contributed by atoms with Crippen LogP contribution in [0.1, 0.15) is 34.7 Å². The van der Waals surface area contributed by atoms with Crippen molar-refractivity contribution in [2.75, 3.05) is 26.7 Å². The highest BCUT2D eigenvalue weighted by Crippen LogP contribution is 2.29. The van der Waals surface area contributed by atoms with E-state index in [0.717, 1.165) is 44.0 Å². The van der Waals surface area contributed by atoms with E-state index in [2.05, 4.69) is 20.2 Å². The normalized spacial score (nSPS) is 23.2. The highest BCUT2D eigenvalue weighted by Gasteiger charge is 2.37. The van der Waals surface area contributed by atoms with Gasteiger partial charge in [-0.25, -0.2) is 9.97 Å². The zero-order chi connectivity index (χ0) is 17.9. The average molecular weight is 372 g/mol. The molecule has 0 aliphatic carbocycles. The first kappa shape index (κ1) is 17.6. The van der Waals surface area contributed by atoms with Gasteiger partial charge in [0.25, 0.3) is 5.91 Å². The maximum absolute atomic E-state index is 13.1. The summed E-state index contributed by atoms with van der Waals surface area (Å²) < 4.78 is 5.14. The molecule has 3 saturated heterocycles.